The molecular formula is C13H26INO3. The van der Waals surface area contributed by atoms with E-state index in [0.717, 1.165) is 12.8 Å². The molecule has 0 rings (SSSR count). The van der Waals surface area contributed by atoms with Crippen LogP contribution in [0.1, 0.15) is 26.7 Å². The maximum Gasteiger partial charge on any atom is 0.333 e. The Kier molecular flexibility index (Phi) is 9.95. The van der Waals surface area contributed by atoms with Crippen molar-refractivity contribution in [2.45, 2.75) is 38.8 Å². The molecule has 0 bridgehead atoms. The minimum Gasteiger partial charge on any atom is -1.00 e. The van der Waals surface area contributed by atoms with Crippen molar-refractivity contribution in [2.24, 2.45) is 0 Å². The summed E-state index contributed by atoms with van der Waals surface area (Å²) in [5.74, 6) is -0.344. The van der Waals surface area contributed by atoms with E-state index >= 15 is 0 Å². The van der Waals surface area contributed by atoms with Crippen LogP contribution in [0.5, 0.6) is 0 Å². The van der Waals surface area contributed by atoms with Gasteiger partial charge in [-0.2, -0.15) is 0 Å². The third-order valence-corrected chi connectivity index (χ3v) is 2.78. The number of quaternary nitrogens is 1. The minimum absolute atomic E-state index is 0. The third-order valence-electron chi connectivity index (χ3n) is 2.78. The standard InChI is InChI=1S/C13H26NO3.HI/c1-10(2)13(16)17-9-7-8-12(11(3)15)14(4,5)6;/h11-12,15H,1,7-9H2,2-6H3;1H/q+1;/p-1. The summed E-state index contributed by atoms with van der Waals surface area (Å²) in [6.45, 7) is 7.33. The predicted molar refractivity (Wildman–Crippen MR) is 68.5 cm³/mol. The molecule has 2 atom stereocenters. The van der Waals surface area contributed by atoms with Gasteiger partial charge in [-0.1, -0.05) is 6.58 Å². The maximum absolute atomic E-state index is 11.1. The fraction of sp³-hybridized carbons (Fsp3) is 0.769. The van der Waals surface area contributed by atoms with Crippen molar-refractivity contribution in [2.75, 3.05) is 27.7 Å². The van der Waals surface area contributed by atoms with Gasteiger partial charge in [0.05, 0.1) is 27.7 Å². The number of likely N-dealkylation sites (N-methyl/N-ethyl adjacent to an activating group) is 1. The Balaban J connectivity index is 0. The summed E-state index contributed by atoms with van der Waals surface area (Å²) in [7, 11) is 6.16. The van der Waals surface area contributed by atoms with E-state index in [-0.39, 0.29) is 42.1 Å². The van der Waals surface area contributed by atoms with Gasteiger partial charge in [0.15, 0.2) is 0 Å². The van der Waals surface area contributed by atoms with Gasteiger partial charge in [-0.15, -0.1) is 0 Å². The van der Waals surface area contributed by atoms with Crippen LogP contribution in [0.3, 0.4) is 0 Å². The zero-order chi connectivity index (χ0) is 13.6. The normalized spacial score (nSPS) is 14.3. The van der Waals surface area contributed by atoms with Crippen molar-refractivity contribution in [1.29, 1.82) is 0 Å². The fourth-order valence-corrected chi connectivity index (χ4v) is 1.86. The number of aliphatic hydroxyl groups excluding tert-OH is 1. The van der Waals surface area contributed by atoms with E-state index < -0.39 is 0 Å². The first-order chi connectivity index (χ1) is 7.66. The molecule has 0 aliphatic heterocycles. The average molecular weight is 371 g/mol. The summed E-state index contributed by atoms with van der Waals surface area (Å²) in [6.07, 6.45) is 1.21. The monoisotopic (exact) mass is 371 g/mol. The molecule has 0 aliphatic carbocycles. The molecule has 0 aromatic carbocycles. The Morgan fingerprint density at radius 2 is 1.89 bits per heavy atom. The van der Waals surface area contributed by atoms with E-state index in [1.165, 1.54) is 0 Å². The molecule has 0 heterocycles. The van der Waals surface area contributed by atoms with Gasteiger partial charge in [0.1, 0.15) is 12.1 Å². The number of hydrogen-bond donors (Lipinski definition) is 1. The lowest BCUT2D eigenvalue weighted by Crippen LogP contribution is -3.00. The second kappa shape index (κ2) is 8.87. The van der Waals surface area contributed by atoms with Gasteiger partial charge in [0, 0.05) is 12.0 Å². The zero-order valence-corrected chi connectivity index (χ0v) is 14.2. The predicted octanol–water partition coefficient (Wildman–Crippen LogP) is -1.65. The number of rotatable bonds is 7. The molecule has 0 aliphatic rings. The van der Waals surface area contributed by atoms with E-state index in [1.807, 2.05) is 0 Å². The molecular weight excluding hydrogens is 345 g/mol. The molecule has 0 radical (unpaired) electrons. The van der Waals surface area contributed by atoms with Crippen molar-refractivity contribution < 1.29 is 43.1 Å². The number of halogens is 1. The summed E-state index contributed by atoms with van der Waals surface area (Å²) in [5.41, 5.74) is 0.420. The van der Waals surface area contributed by atoms with Crippen molar-refractivity contribution in [3.05, 3.63) is 12.2 Å². The molecule has 0 saturated heterocycles. The number of carbonyl (C=O) groups is 1. The Hall–Kier alpha value is -0.140. The Morgan fingerprint density at radius 3 is 2.22 bits per heavy atom. The average Bonchev–Trinajstić information content (AvgIpc) is 2.13. The number of nitrogens with zero attached hydrogens (tertiary/aromatic N) is 1. The maximum atomic E-state index is 11.1. The van der Waals surface area contributed by atoms with E-state index in [0.29, 0.717) is 16.7 Å². The molecule has 0 spiro atoms. The molecule has 5 heteroatoms. The van der Waals surface area contributed by atoms with Crippen molar-refractivity contribution in [1.82, 2.24) is 0 Å². The second-order valence-electron chi connectivity index (χ2n) is 5.48. The highest BCUT2D eigenvalue weighted by Gasteiger charge is 2.27. The van der Waals surface area contributed by atoms with Crippen LogP contribution in [0.25, 0.3) is 0 Å². The number of aliphatic hydroxyl groups is 1. The van der Waals surface area contributed by atoms with Crippen LogP contribution in [0, 0.1) is 0 Å². The first kappa shape index (κ1) is 20.2. The highest BCUT2D eigenvalue weighted by Crippen LogP contribution is 2.14. The number of ether oxygens (including phenoxy) is 1. The van der Waals surface area contributed by atoms with Gasteiger partial charge in [-0.05, 0) is 20.3 Å². The lowest BCUT2D eigenvalue weighted by molar-refractivity contribution is -0.900. The van der Waals surface area contributed by atoms with Gasteiger partial charge in [-0.25, -0.2) is 4.79 Å². The first-order valence-corrected chi connectivity index (χ1v) is 5.98. The van der Waals surface area contributed by atoms with Crippen LogP contribution in [0.4, 0.5) is 0 Å². The number of esters is 1. The molecule has 2 unspecified atom stereocenters. The minimum atomic E-state index is -0.369. The molecule has 108 valence electrons. The fourth-order valence-electron chi connectivity index (χ4n) is 1.86. The van der Waals surface area contributed by atoms with Gasteiger partial charge in [0.2, 0.25) is 0 Å². The van der Waals surface area contributed by atoms with E-state index in [2.05, 4.69) is 27.7 Å². The zero-order valence-electron chi connectivity index (χ0n) is 12.1. The molecule has 18 heavy (non-hydrogen) atoms. The van der Waals surface area contributed by atoms with Crippen LogP contribution in [0.2, 0.25) is 0 Å². The lowest BCUT2D eigenvalue weighted by Gasteiger charge is -2.36. The van der Waals surface area contributed by atoms with Crippen LogP contribution in [-0.4, -0.2) is 55.5 Å². The van der Waals surface area contributed by atoms with Gasteiger partial charge in [0.25, 0.3) is 0 Å². The Morgan fingerprint density at radius 1 is 1.39 bits per heavy atom. The van der Waals surface area contributed by atoms with Crippen LogP contribution in [0.15, 0.2) is 12.2 Å². The molecule has 4 nitrogen and oxygen atoms in total. The van der Waals surface area contributed by atoms with Gasteiger partial charge in [-0.3, -0.25) is 0 Å². The van der Waals surface area contributed by atoms with Gasteiger partial charge >= 0.3 is 5.97 Å². The highest BCUT2D eigenvalue weighted by atomic mass is 127. The Bertz CT molecular complexity index is 272. The topological polar surface area (TPSA) is 46.5 Å². The van der Waals surface area contributed by atoms with Gasteiger partial charge < -0.3 is 38.3 Å². The lowest BCUT2D eigenvalue weighted by atomic mass is 10.0. The van der Waals surface area contributed by atoms with Crippen molar-refractivity contribution in [3.63, 3.8) is 0 Å². The Labute approximate surface area is 128 Å². The van der Waals surface area contributed by atoms with Crippen molar-refractivity contribution >= 4 is 5.97 Å². The van der Waals surface area contributed by atoms with Crippen LogP contribution < -0.4 is 24.0 Å². The largest absolute Gasteiger partial charge is 1.00 e. The second-order valence-corrected chi connectivity index (χ2v) is 5.48. The number of carbonyl (C=O) groups excluding carboxylic acids is 1. The van der Waals surface area contributed by atoms with E-state index in [1.54, 1.807) is 13.8 Å². The molecule has 1 N–H and O–H groups in total. The number of hydrogen-bond acceptors (Lipinski definition) is 3. The molecule has 0 fully saturated rings. The summed E-state index contributed by atoms with van der Waals surface area (Å²) in [5, 5.41) is 9.71. The summed E-state index contributed by atoms with van der Waals surface area (Å²) < 4.78 is 5.72. The SMILES string of the molecule is C=C(C)C(=O)OCCCC(C(C)O)[N+](C)(C)C.[I-]. The molecule has 0 aromatic rings. The summed E-state index contributed by atoms with van der Waals surface area (Å²) in [4.78, 5) is 11.1. The van der Waals surface area contributed by atoms with E-state index in [9.17, 15) is 9.90 Å². The molecule has 0 aromatic heterocycles. The highest BCUT2D eigenvalue weighted by molar-refractivity contribution is 5.86. The first-order valence-electron chi connectivity index (χ1n) is 5.98. The third kappa shape index (κ3) is 8.05. The summed E-state index contributed by atoms with van der Waals surface area (Å²) >= 11 is 0. The smallest absolute Gasteiger partial charge is 0.333 e. The quantitative estimate of drug-likeness (QED) is 0.192. The van der Waals surface area contributed by atoms with Crippen LogP contribution >= 0.6 is 0 Å². The molecule has 0 saturated carbocycles. The molecule has 0 amide bonds. The summed E-state index contributed by atoms with van der Waals surface area (Å²) in [6, 6.07) is 0.151. The van der Waals surface area contributed by atoms with Crippen LogP contribution in [-0.2, 0) is 9.53 Å². The van der Waals surface area contributed by atoms with Crippen molar-refractivity contribution in [3.8, 4) is 0 Å². The van der Waals surface area contributed by atoms with E-state index in [4.69, 9.17) is 4.74 Å².